The van der Waals surface area contributed by atoms with E-state index in [0.717, 1.165) is 11.0 Å². The number of hydrogen-bond acceptors (Lipinski definition) is 3. The van der Waals surface area contributed by atoms with Gasteiger partial charge in [-0.3, -0.25) is 0 Å². The topological polar surface area (TPSA) is 31.4 Å². The first-order valence-corrected chi connectivity index (χ1v) is 6.22. The summed E-state index contributed by atoms with van der Waals surface area (Å²) in [5.41, 5.74) is 1.22. The van der Waals surface area contributed by atoms with Gasteiger partial charge in [-0.1, -0.05) is 18.6 Å². The molecule has 0 aliphatic carbocycles. The van der Waals surface area contributed by atoms with E-state index < -0.39 is 0 Å². The number of hydrogen-bond donors (Lipinski definition) is 0. The van der Waals surface area contributed by atoms with Crippen LogP contribution in [0, 0.1) is 6.20 Å². The Morgan fingerprint density at radius 2 is 1.79 bits per heavy atom. The fourth-order valence-corrected chi connectivity index (χ4v) is 1.80. The van der Waals surface area contributed by atoms with Gasteiger partial charge >= 0.3 is 7.12 Å². The van der Waals surface area contributed by atoms with Gasteiger partial charge in [0.05, 0.1) is 11.2 Å². The Hall–Kier alpha value is -0.437. The zero-order chi connectivity index (χ0) is 13.4. The van der Waals surface area contributed by atoms with Crippen LogP contribution in [0.5, 0.6) is 0 Å². The quantitative estimate of drug-likeness (QED) is 0.535. The minimum Gasteiger partial charge on any atom is -0.400 e. The summed E-state index contributed by atoms with van der Waals surface area (Å²) in [6.45, 7) is 10.1. The minimum atomic E-state index is -0.360. The maximum absolute atomic E-state index is 5.98. The van der Waals surface area contributed by atoms with Crippen LogP contribution in [0.3, 0.4) is 0 Å². The largest absolute Gasteiger partial charge is 0.476 e. The number of nitrogens with zero attached hydrogens (tertiary/aromatic N) is 1. The van der Waals surface area contributed by atoms with Crippen LogP contribution < -0.4 is 5.46 Å². The molecule has 0 saturated carbocycles. The Morgan fingerprint density at radius 3 is 2.32 bits per heavy atom. The molecule has 0 atom stereocenters. The Kier molecular flexibility index (Phi) is 5.17. The molecule has 0 aromatic carbocycles. The van der Waals surface area contributed by atoms with Crippen LogP contribution in [-0.4, -0.2) is 23.3 Å². The van der Waals surface area contributed by atoms with E-state index in [4.69, 9.17) is 9.31 Å². The molecule has 19 heavy (non-hydrogen) atoms. The van der Waals surface area contributed by atoms with E-state index in [2.05, 4.69) is 11.2 Å². The molecule has 1 saturated heterocycles. The molecule has 2 heterocycles. The standard InChI is InChI=1S/C14H19BNO2.W/c1-6-7-11-8-12(10-16-9-11)15-17-13(2,3)14(4,5)18-15;/h6-8,10H,1-5H3;/q-1;/b7-6+;. The zero-order valence-corrected chi connectivity index (χ0v) is 15.0. The summed E-state index contributed by atoms with van der Waals surface area (Å²) < 4.78 is 12.0. The molecule has 1 fully saturated rings. The van der Waals surface area contributed by atoms with Crippen LogP contribution in [0.1, 0.15) is 40.2 Å². The molecule has 2 rings (SSSR count). The SMILES string of the molecule is C/C=C/c1[c-]ncc(B2OC(C)(C)C(C)(C)O2)c1.[W]. The normalized spacial score (nSPS) is 20.6. The van der Waals surface area contributed by atoms with Gasteiger partial charge in [-0.15, -0.1) is 23.8 Å². The molecule has 5 heteroatoms. The van der Waals surface area contributed by atoms with Crippen molar-refractivity contribution in [2.45, 2.75) is 45.8 Å². The van der Waals surface area contributed by atoms with Crippen molar-refractivity contribution in [2.75, 3.05) is 0 Å². The van der Waals surface area contributed by atoms with Crippen LogP contribution in [-0.2, 0) is 30.4 Å². The molecule has 0 radical (unpaired) electrons. The molecule has 1 aliphatic heterocycles. The molecule has 0 bridgehead atoms. The van der Waals surface area contributed by atoms with Crippen molar-refractivity contribution >= 4 is 18.7 Å². The molecule has 0 amide bonds. The van der Waals surface area contributed by atoms with Gasteiger partial charge < -0.3 is 14.3 Å². The third kappa shape index (κ3) is 3.36. The second kappa shape index (κ2) is 5.91. The first kappa shape index (κ1) is 16.6. The Labute approximate surface area is 130 Å². The Bertz CT molecular complexity index is 458. The molecule has 0 spiro atoms. The predicted octanol–water partition coefficient (Wildman–Crippen LogP) is 2.21. The van der Waals surface area contributed by atoms with Crippen molar-refractivity contribution in [3.05, 3.63) is 30.1 Å². The molecular weight excluding hydrogens is 409 g/mol. The molecule has 0 N–H and O–H groups in total. The molecule has 1 aromatic heterocycles. The van der Waals surface area contributed by atoms with Gasteiger partial charge in [-0.2, -0.15) is 0 Å². The average molecular weight is 428 g/mol. The van der Waals surface area contributed by atoms with E-state index in [1.165, 1.54) is 0 Å². The van der Waals surface area contributed by atoms with Crippen LogP contribution in [0.25, 0.3) is 6.08 Å². The number of allylic oxidation sites excluding steroid dienone is 1. The van der Waals surface area contributed by atoms with Gasteiger partial charge in [-0.25, -0.2) is 0 Å². The molecule has 1 aliphatic rings. The van der Waals surface area contributed by atoms with Crippen molar-refractivity contribution in [1.82, 2.24) is 4.98 Å². The summed E-state index contributed by atoms with van der Waals surface area (Å²) in [5, 5.41) is 0. The van der Waals surface area contributed by atoms with Crippen molar-refractivity contribution in [1.29, 1.82) is 0 Å². The fourth-order valence-electron chi connectivity index (χ4n) is 1.80. The summed E-state index contributed by atoms with van der Waals surface area (Å²) >= 11 is 0. The van der Waals surface area contributed by atoms with E-state index in [0.29, 0.717) is 0 Å². The zero-order valence-electron chi connectivity index (χ0n) is 12.1. The van der Waals surface area contributed by atoms with E-state index in [1.54, 1.807) is 6.20 Å². The van der Waals surface area contributed by atoms with E-state index in [-0.39, 0.29) is 39.4 Å². The number of pyridine rings is 1. The van der Waals surface area contributed by atoms with Crippen molar-refractivity contribution in [2.24, 2.45) is 0 Å². The molecular formula is C14H19BNO2W-. The number of aromatic nitrogens is 1. The van der Waals surface area contributed by atoms with Gasteiger partial charge in [0.1, 0.15) is 0 Å². The van der Waals surface area contributed by atoms with Crippen LogP contribution in [0.4, 0.5) is 0 Å². The third-order valence-electron chi connectivity index (χ3n) is 3.60. The minimum absolute atomic E-state index is 0. The molecule has 1 aromatic rings. The van der Waals surface area contributed by atoms with Crippen LogP contribution in [0.15, 0.2) is 18.3 Å². The van der Waals surface area contributed by atoms with Gasteiger partial charge in [0.2, 0.25) is 0 Å². The van der Waals surface area contributed by atoms with Crippen LogP contribution in [0.2, 0.25) is 0 Å². The summed E-state index contributed by atoms with van der Waals surface area (Å²) in [6, 6.07) is 2.00. The average Bonchev–Trinajstić information content (AvgIpc) is 2.49. The van der Waals surface area contributed by atoms with E-state index in [1.807, 2.05) is 52.8 Å². The third-order valence-corrected chi connectivity index (χ3v) is 3.60. The smallest absolute Gasteiger partial charge is 0.400 e. The van der Waals surface area contributed by atoms with Crippen LogP contribution >= 0.6 is 0 Å². The van der Waals surface area contributed by atoms with E-state index in [9.17, 15) is 0 Å². The van der Waals surface area contributed by atoms with Gasteiger partial charge in [0.15, 0.2) is 0 Å². The van der Waals surface area contributed by atoms with Crippen molar-refractivity contribution in [3.8, 4) is 0 Å². The maximum Gasteiger partial charge on any atom is 0.476 e. The van der Waals surface area contributed by atoms with Crippen molar-refractivity contribution in [3.63, 3.8) is 0 Å². The molecule has 102 valence electrons. The van der Waals surface area contributed by atoms with Gasteiger partial charge in [0, 0.05) is 21.1 Å². The maximum atomic E-state index is 5.98. The first-order valence-electron chi connectivity index (χ1n) is 6.22. The molecule has 0 unspecified atom stereocenters. The Morgan fingerprint density at radius 1 is 1.21 bits per heavy atom. The van der Waals surface area contributed by atoms with Gasteiger partial charge in [0.25, 0.3) is 0 Å². The molecule has 3 nitrogen and oxygen atoms in total. The summed E-state index contributed by atoms with van der Waals surface area (Å²) in [4.78, 5) is 4.11. The van der Waals surface area contributed by atoms with Gasteiger partial charge in [-0.05, 0) is 33.9 Å². The summed E-state index contributed by atoms with van der Waals surface area (Å²) in [5.74, 6) is 0. The number of rotatable bonds is 2. The predicted molar refractivity (Wildman–Crippen MR) is 73.5 cm³/mol. The monoisotopic (exact) mass is 428 g/mol. The first-order chi connectivity index (χ1) is 8.36. The summed E-state index contributed by atoms with van der Waals surface area (Å²) in [7, 11) is -0.360. The second-order valence-electron chi connectivity index (χ2n) is 5.56. The summed E-state index contributed by atoms with van der Waals surface area (Å²) in [6.07, 6.45) is 8.59. The fraction of sp³-hybridized carbons (Fsp3) is 0.500. The van der Waals surface area contributed by atoms with Crippen molar-refractivity contribution < 1.29 is 30.4 Å². The Balaban J connectivity index is 0.00000180. The van der Waals surface area contributed by atoms with E-state index >= 15 is 0 Å². The second-order valence-corrected chi connectivity index (χ2v) is 5.56.